The van der Waals surface area contributed by atoms with Crippen molar-refractivity contribution in [1.82, 2.24) is 9.78 Å². The summed E-state index contributed by atoms with van der Waals surface area (Å²) < 4.78 is 27.3. The van der Waals surface area contributed by atoms with Crippen LogP contribution in [0.15, 0.2) is 30.5 Å². The summed E-state index contributed by atoms with van der Waals surface area (Å²) >= 11 is 0. The van der Waals surface area contributed by atoms with Gasteiger partial charge in [-0.15, -0.1) is 0 Å². The molecule has 0 aliphatic rings. The highest BCUT2D eigenvalue weighted by molar-refractivity contribution is 6.03. The van der Waals surface area contributed by atoms with Gasteiger partial charge in [0.05, 0.1) is 0 Å². The minimum Gasteiger partial charge on any atom is -0.305 e. The predicted octanol–water partition coefficient (Wildman–Crippen LogP) is 1.95. The number of amides is 1. The van der Waals surface area contributed by atoms with Crippen molar-refractivity contribution >= 4 is 11.7 Å². The van der Waals surface area contributed by atoms with E-state index >= 15 is 0 Å². The summed E-state index contributed by atoms with van der Waals surface area (Å²) in [4.78, 5) is 11.6. The molecule has 0 radical (unpaired) electrons. The number of hydrogen-bond donors (Lipinski definition) is 1. The summed E-state index contributed by atoms with van der Waals surface area (Å²) in [5, 5.41) is 6.35. The first-order valence-electron chi connectivity index (χ1n) is 4.82. The Kier molecular flexibility index (Phi) is 2.86. The second-order valence-electron chi connectivity index (χ2n) is 3.49. The molecule has 1 aromatic carbocycles. The quantitative estimate of drug-likeness (QED) is 0.867. The molecule has 6 heteroatoms. The van der Waals surface area contributed by atoms with Crippen LogP contribution in [-0.4, -0.2) is 15.7 Å². The molecule has 0 fully saturated rings. The number of rotatable bonds is 2. The molecule has 0 unspecified atom stereocenters. The maximum atomic E-state index is 12.9. The fraction of sp³-hybridized carbons (Fsp3) is 0.0909. The summed E-state index contributed by atoms with van der Waals surface area (Å²) in [5.74, 6) is -1.88. The van der Waals surface area contributed by atoms with Crippen molar-refractivity contribution in [2.24, 2.45) is 7.05 Å². The van der Waals surface area contributed by atoms with Gasteiger partial charge >= 0.3 is 0 Å². The number of carbonyl (C=O) groups excluding carboxylic acids is 1. The normalized spacial score (nSPS) is 10.3. The van der Waals surface area contributed by atoms with Gasteiger partial charge in [-0.3, -0.25) is 9.48 Å². The lowest BCUT2D eigenvalue weighted by Gasteiger charge is -2.02. The smallest absolute Gasteiger partial charge is 0.257 e. The molecule has 1 heterocycles. The number of benzene rings is 1. The van der Waals surface area contributed by atoms with E-state index in [1.165, 1.54) is 4.68 Å². The zero-order valence-electron chi connectivity index (χ0n) is 8.95. The van der Waals surface area contributed by atoms with Gasteiger partial charge in [0.1, 0.15) is 11.6 Å². The van der Waals surface area contributed by atoms with Crippen LogP contribution >= 0.6 is 0 Å². The molecule has 1 amide bonds. The van der Waals surface area contributed by atoms with Crippen molar-refractivity contribution in [1.29, 1.82) is 0 Å². The van der Waals surface area contributed by atoms with E-state index in [1.54, 1.807) is 19.3 Å². The van der Waals surface area contributed by atoms with Crippen LogP contribution in [-0.2, 0) is 7.05 Å². The van der Waals surface area contributed by atoms with Crippen LogP contribution in [0.3, 0.4) is 0 Å². The third kappa shape index (κ3) is 2.66. The molecule has 0 bridgehead atoms. The second kappa shape index (κ2) is 4.32. The minimum absolute atomic E-state index is 0.0897. The molecule has 0 spiro atoms. The van der Waals surface area contributed by atoms with E-state index in [4.69, 9.17) is 0 Å². The number of halogens is 2. The number of hydrogen-bond acceptors (Lipinski definition) is 2. The van der Waals surface area contributed by atoms with E-state index in [9.17, 15) is 13.6 Å². The molecule has 4 nitrogen and oxygen atoms in total. The summed E-state index contributed by atoms with van der Waals surface area (Å²) in [6.07, 6.45) is 1.64. The van der Waals surface area contributed by atoms with Crippen molar-refractivity contribution in [3.63, 3.8) is 0 Å². The van der Waals surface area contributed by atoms with E-state index < -0.39 is 17.5 Å². The molecule has 1 N–H and O–H groups in total. The zero-order valence-corrected chi connectivity index (χ0v) is 8.95. The predicted molar refractivity (Wildman–Crippen MR) is 57.5 cm³/mol. The molecule has 2 rings (SSSR count). The fourth-order valence-electron chi connectivity index (χ4n) is 1.36. The van der Waals surface area contributed by atoms with Gasteiger partial charge in [-0.05, 0) is 12.1 Å². The first kappa shape index (κ1) is 11.3. The summed E-state index contributed by atoms with van der Waals surface area (Å²) in [6, 6.07) is 4.20. The van der Waals surface area contributed by atoms with Crippen molar-refractivity contribution in [3.05, 3.63) is 47.7 Å². The van der Waals surface area contributed by atoms with Crippen LogP contribution in [0.25, 0.3) is 0 Å². The molecule has 0 saturated heterocycles. The van der Waals surface area contributed by atoms with Crippen LogP contribution in [0, 0.1) is 11.6 Å². The third-order valence-electron chi connectivity index (χ3n) is 2.08. The van der Waals surface area contributed by atoms with Crippen LogP contribution in [0.5, 0.6) is 0 Å². The lowest BCUT2D eigenvalue weighted by atomic mass is 10.2. The van der Waals surface area contributed by atoms with E-state index in [2.05, 4.69) is 10.4 Å². The maximum absolute atomic E-state index is 12.9. The largest absolute Gasteiger partial charge is 0.305 e. The number of carbonyl (C=O) groups is 1. The van der Waals surface area contributed by atoms with Gasteiger partial charge in [-0.2, -0.15) is 5.10 Å². The van der Waals surface area contributed by atoms with Crippen LogP contribution < -0.4 is 5.32 Å². The number of aromatic nitrogens is 2. The van der Waals surface area contributed by atoms with Gasteiger partial charge in [0.25, 0.3) is 5.91 Å². The van der Waals surface area contributed by atoms with Gasteiger partial charge in [0.15, 0.2) is 5.82 Å². The molecule has 17 heavy (non-hydrogen) atoms. The fourth-order valence-corrected chi connectivity index (χ4v) is 1.36. The summed E-state index contributed by atoms with van der Waals surface area (Å²) in [7, 11) is 1.69. The Morgan fingerprint density at radius 3 is 2.47 bits per heavy atom. The average Bonchev–Trinajstić information content (AvgIpc) is 2.62. The maximum Gasteiger partial charge on any atom is 0.257 e. The lowest BCUT2D eigenvalue weighted by molar-refractivity contribution is 0.102. The molecular formula is C11H9F2N3O. The lowest BCUT2D eigenvalue weighted by Crippen LogP contribution is -2.13. The molecular weight excluding hydrogens is 228 g/mol. The number of nitrogens with one attached hydrogen (secondary N) is 1. The summed E-state index contributed by atoms with van der Waals surface area (Å²) in [5.41, 5.74) is -0.0897. The van der Waals surface area contributed by atoms with Gasteiger partial charge < -0.3 is 5.32 Å². The van der Waals surface area contributed by atoms with Crippen LogP contribution in [0.2, 0.25) is 0 Å². The van der Waals surface area contributed by atoms with Crippen molar-refractivity contribution < 1.29 is 13.6 Å². The van der Waals surface area contributed by atoms with Gasteiger partial charge in [0, 0.05) is 30.9 Å². The zero-order chi connectivity index (χ0) is 12.4. The van der Waals surface area contributed by atoms with E-state index in [1.807, 2.05) is 0 Å². The van der Waals surface area contributed by atoms with Crippen molar-refractivity contribution in [2.75, 3.05) is 5.32 Å². The van der Waals surface area contributed by atoms with Gasteiger partial charge in [-0.25, -0.2) is 8.78 Å². The molecule has 2 aromatic rings. The van der Waals surface area contributed by atoms with Gasteiger partial charge in [-0.1, -0.05) is 0 Å². The van der Waals surface area contributed by atoms with Gasteiger partial charge in [0.2, 0.25) is 0 Å². The Morgan fingerprint density at radius 2 is 1.94 bits per heavy atom. The highest BCUT2D eigenvalue weighted by Gasteiger charge is 2.10. The molecule has 88 valence electrons. The Bertz CT molecular complexity index is 545. The molecule has 0 saturated carbocycles. The Hall–Kier alpha value is -2.24. The molecule has 0 atom stereocenters. The first-order valence-corrected chi connectivity index (χ1v) is 4.82. The third-order valence-corrected chi connectivity index (χ3v) is 2.08. The topological polar surface area (TPSA) is 46.9 Å². The highest BCUT2D eigenvalue weighted by Crippen LogP contribution is 2.10. The van der Waals surface area contributed by atoms with Crippen LogP contribution in [0.1, 0.15) is 10.4 Å². The SMILES string of the molecule is Cn1ccc(NC(=O)c2cc(F)cc(F)c2)n1. The van der Waals surface area contributed by atoms with Crippen molar-refractivity contribution in [3.8, 4) is 0 Å². The van der Waals surface area contributed by atoms with Crippen LogP contribution in [0.4, 0.5) is 14.6 Å². The minimum atomic E-state index is -0.795. The number of nitrogens with zero attached hydrogens (tertiary/aromatic N) is 2. The second-order valence-corrected chi connectivity index (χ2v) is 3.49. The van der Waals surface area contributed by atoms with E-state index in [0.29, 0.717) is 11.9 Å². The molecule has 0 aliphatic carbocycles. The summed E-state index contributed by atoms with van der Waals surface area (Å²) in [6.45, 7) is 0. The number of aryl methyl sites for hydroxylation is 1. The number of anilines is 1. The average molecular weight is 237 g/mol. The monoisotopic (exact) mass is 237 g/mol. The van der Waals surface area contributed by atoms with E-state index in [-0.39, 0.29) is 5.56 Å². The molecule has 0 aliphatic heterocycles. The Morgan fingerprint density at radius 1 is 1.29 bits per heavy atom. The molecule has 1 aromatic heterocycles. The van der Waals surface area contributed by atoms with Crippen molar-refractivity contribution in [2.45, 2.75) is 0 Å². The highest BCUT2D eigenvalue weighted by atomic mass is 19.1. The Balaban J connectivity index is 2.19. The van der Waals surface area contributed by atoms with E-state index in [0.717, 1.165) is 12.1 Å². The standard InChI is InChI=1S/C11H9F2N3O/c1-16-3-2-10(15-16)14-11(17)7-4-8(12)6-9(13)5-7/h2-6H,1H3,(H,14,15,17). The Labute approximate surface area is 95.9 Å². The first-order chi connectivity index (χ1) is 8.04.